The monoisotopic (exact) mass is 334 g/mol. The molecule has 0 aliphatic heterocycles. The van der Waals surface area contributed by atoms with Gasteiger partial charge in [-0.1, -0.05) is 35.9 Å². The predicted octanol–water partition coefficient (Wildman–Crippen LogP) is 4.26. The van der Waals surface area contributed by atoms with Gasteiger partial charge in [-0.15, -0.1) is 0 Å². The van der Waals surface area contributed by atoms with Crippen LogP contribution in [0.2, 0.25) is 0 Å². The fraction of sp³-hybridized carbons (Fsp3) is 0.200. The minimum absolute atomic E-state index is 0.0725. The number of benzene rings is 2. The molecule has 1 aromatic heterocycles. The molecule has 0 atom stereocenters. The second-order valence-corrected chi connectivity index (χ2v) is 6.20. The van der Waals surface area contributed by atoms with E-state index < -0.39 is 0 Å². The van der Waals surface area contributed by atoms with Gasteiger partial charge in [-0.25, -0.2) is 0 Å². The van der Waals surface area contributed by atoms with E-state index in [4.69, 9.17) is 0 Å². The topological polar surface area (TPSA) is 69.8 Å². The smallest absolute Gasteiger partial charge is 0.221 e. The van der Waals surface area contributed by atoms with Crippen molar-refractivity contribution >= 4 is 17.3 Å². The van der Waals surface area contributed by atoms with Crippen molar-refractivity contribution in [3.8, 4) is 11.3 Å². The molecule has 1 amide bonds. The normalized spacial score (nSPS) is 10.5. The minimum atomic E-state index is -0.0725. The van der Waals surface area contributed by atoms with Crippen molar-refractivity contribution in [3.05, 3.63) is 65.4 Å². The molecule has 0 aliphatic rings. The Labute approximate surface area is 147 Å². The summed E-state index contributed by atoms with van der Waals surface area (Å²) in [6.45, 7) is 6.20. The van der Waals surface area contributed by atoms with E-state index >= 15 is 0 Å². The first-order chi connectivity index (χ1) is 12.0. The van der Waals surface area contributed by atoms with Gasteiger partial charge in [-0.2, -0.15) is 5.10 Å². The van der Waals surface area contributed by atoms with Crippen molar-refractivity contribution in [2.45, 2.75) is 27.3 Å². The molecule has 0 bridgehead atoms. The number of aromatic amines is 1. The number of nitrogens with one attached hydrogen (secondary N) is 3. The van der Waals surface area contributed by atoms with Gasteiger partial charge in [0.05, 0.1) is 11.9 Å². The molecule has 0 saturated heterocycles. The second kappa shape index (κ2) is 7.21. The number of anilines is 2. The average molecular weight is 334 g/mol. The number of hydrogen-bond acceptors (Lipinski definition) is 3. The molecule has 0 aliphatic carbocycles. The number of aryl methyl sites for hydroxylation is 2. The Balaban J connectivity index is 1.76. The van der Waals surface area contributed by atoms with Crippen LogP contribution in [0.1, 0.15) is 23.6 Å². The first kappa shape index (κ1) is 16.8. The predicted molar refractivity (Wildman–Crippen MR) is 102 cm³/mol. The van der Waals surface area contributed by atoms with Crippen molar-refractivity contribution in [1.82, 2.24) is 10.2 Å². The van der Waals surface area contributed by atoms with Crippen LogP contribution >= 0.6 is 0 Å². The lowest BCUT2D eigenvalue weighted by atomic mass is 10.1. The quantitative estimate of drug-likeness (QED) is 0.653. The van der Waals surface area contributed by atoms with E-state index in [9.17, 15) is 4.79 Å². The molecule has 5 heteroatoms. The van der Waals surface area contributed by atoms with Gasteiger partial charge in [0, 0.05) is 30.4 Å². The lowest BCUT2D eigenvalue weighted by Gasteiger charge is -2.11. The Kier molecular flexibility index (Phi) is 4.84. The van der Waals surface area contributed by atoms with Gasteiger partial charge >= 0.3 is 0 Å². The highest BCUT2D eigenvalue weighted by atomic mass is 16.1. The fourth-order valence-corrected chi connectivity index (χ4v) is 2.67. The maximum absolute atomic E-state index is 11.3. The molecule has 0 saturated carbocycles. The van der Waals surface area contributed by atoms with E-state index in [-0.39, 0.29) is 5.91 Å². The van der Waals surface area contributed by atoms with Crippen LogP contribution in [0.5, 0.6) is 0 Å². The van der Waals surface area contributed by atoms with Crippen molar-refractivity contribution in [2.75, 3.05) is 10.6 Å². The summed E-state index contributed by atoms with van der Waals surface area (Å²) in [7, 11) is 0. The summed E-state index contributed by atoms with van der Waals surface area (Å²) in [5.74, 6) is -0.0725. The van der Waals surface area contributed by atoms with Crippen LogP contribution in [0.15, 0.2) is 48.7 Å². The SMILES string of the molecule is CC(=O)Nc1cc(NCc2cn[nH]c2-c2ccc(C)cc2)ccc1C. The summed E-state index contributed by atoms with van der Waals surface area (Å²) in [5, 5.41) is 13.5. The van der Waals surface area contributed by atoms with Gasteiger partial charge < -0.3 is 10.6 Å². The Morgan fingerprint density at radius 2 is 1.88 bits per heavy atom. The molecule has 1 heterocycles. The first-order valence-corrected chi connectivity index (χ1v) is 8.24. The molecular formula is C20H22N4O. The Hall–Kier alpha value is -3.08. The summed E-state index contributed by atoms with van der Waals surface area (Å²) in [6, 6.07) is 14.3. The number of carbonyl (C=O) groups excluding carboxylic acids is 1. The largest absolute Gasteiger partial charge is 0.381 e. The van der Waals surface area contributed by atoms with Gasteiger partial charge in [0.25, 0.3) is 0 Å². The summed E-state index contributed by atoms with van der Waals surface area (Å²) in [5.41, 5.74) is 7.25. The molecule has 0 radical (unpaired) electrons. The highest BCUT2D eigenvalue weighted by molar-refractivity contribution is 5.90. The van der Waals surface area contributed by atoms with Crippen LogP contribution in [-0.4, -0.2) is 16.1 Å². The van der Waals surface area contributed by atoms with E-state index in [1.807, 2.05) is 31.3 Å². The van der Waals surface area contributed by atoms with Crippen molar-refractivity contribution in [2.24, 2.45) is 0 Å². The highest BCUT2D eigenvalue weighted by Gasteiger charge is 2.08. The summed E-state index contributed by atoms with van der Waals surface area (Å²) < 4.78 is 0. The van der Waals surface area contributed by atoms with E-state index in [2.05, 4.69) is 52.0 Å². The van der Waals surface area contributed by atoms with Crippen molar-refractivity contribution in [3.63, 3.8) is 0 Å². The van der Waals surface area contributed by atoms with Crippen LogP contribution in [-0.2, 0) is 11.3 Å². The molecule has 128 valence electrons. The third kappa shape index (κ3) is 4.07. The van der Waals surface area contributed by atoms with Crippen LogP contribution in [0.3, 0.4) is 0 Å². The molecule has 0 spiro atoms. The molecular weight excluding hydrogens is 312 g/mol. The van der Waals surface area contributed by atoms with Crippen LogP contribution in [0.4, 0.5) is 11.4 Å². The van der Waals surface area contributed by atoms with Gasteiger partial charge in [0.1, 0.15) is 0 Å². The van der Waals surface area contributed by atoms with Gasteiger partial charge in [0.15, 0.2) is 0 Å². The molecule has 3 N–H and O–H groups in total. The molecule has 5 nitrogen and oxygen atoms in total. The zero-order valence-electron chi connectivity index (χ0n) is 14.7. The molecule has 25 heavy (non-hydrogen) atoms. The van der Waals surface area contributed by atoms with Crippen LogP contribution < -0.4 is 10.6 Å². The van der Waals surface area contributed by atoms with Crippen molar-refractivity contribution < 1.29 is 4.79 Å². The minimum Gasteiger partial charge on any atom is -0.381 e. The Morgan fingerprint density at radius 1 is 1.12 bits per heavy atom. The van der Waals surface area contributed by atoms with Gasteiger partial charge in [-0.3, -0.25) is 9.89 Å². The number of carbonyl (C=O) groups is 1. The standard InChI is InChI=1S/C20H22N4O/c1-13-4-7-16(8-5-13)20-17(12-22-24-20)11-21-18-9-6-14(2)19(10-18)23-15(3)25/h4-10,12,21H,11H2,1-3H3,(H,22,24)(H,23,25). The average Bonchev–Trinajstić information content (AvgIpc) is 3.04. The number of hydrogen-bond donors (Lipinski definition) is 3. The van der Waals surface area contributed by atoms with Gasteiger partial charge in [-0.05, 0) is 37.1 Å². The lowest BCUT2D eigenvalue weighted by molar-refractivity contribution is -0.114. The number of amides is 1. The number of aromatic nitrogens is 2. The third-order valence-electron chi connectivity index (χ3n) is 4.09. The molecule has 2 aromatic carbocycles. The van der Waals surface area contributed by atoms with E-state index in [1.165, 1.54) is 12.5 Å². The number of nitrogens with zero attached hydrogens (tertiary/aromatic N) is 1. The maximum atomic E-state index is 11.3. The summed E-state index contributed by atoms with van der Waals surface area (Å²) >= 11 is 0. The second-order valence-electron chi connectivity index (χ2n) is 6.20. The number of rotatable bonds is 5. The molecule has 0 fully saturated rings. The van der Waals surface area contributed by atoms with E-state index in [1.54, 1.807) is 0 Å². The van der Waals surface area contributed by atoms with E-state index in [0.29, 0.717) is 6.54 Å². The van der Waals surface area contributed by atoms with Crippen molar-refractivity contribution in [1.29, 1.82) is 0 Å². The van der Waals surface area contributed by atoms with Gasteiger partial charge in [0.2, 0.25) is 5.91 Å². The number of H-pyrrole nitrogens is 1. The molecule has 0 unspecified atom stereocenters. The maximum Gasteiger partial charge on any atom is 0.221 e. The zero-order valence-corrected chi connectivity index (χ0v) is 14.7. The van der Waals surface area contributed by atoms with E-state index in [0.717, 1.165) is 33.8 Å². The Morgan fingerprint density at radius 3 is 2.60 bits per heavy atom. The van der Waals surface area contributed by atoms with Crippen LogP contribution in [0, 0.1) is 13.8 Å². The highest BCUT2D eigenvalue weighted by Crippen LogP contribution is 2.24. The fourth-order valence-electron chi connectivity index (χ4n) is 2.67. The molecule has 3 aromatic rings. The zero-order chi connectivity index (χ0) is 17.8. The van der Waals surface area contributed by atoms with Crippen LogP contribution in [0.25, 0.3) is 11.3 Å². The summed E-state index contributed by atoms with van der Waals surface area (Å²) in [6.07, 6.45) is 1.84. The third-order valence-corrected chi connectivity index (χ3v) is 4.09. The first-order valence-electron chi connectivity index (χ1n) is 8.24. The molecule has 3 rings (SSSR count). The summed E-state index contributed by atoms with van der Waals surface area (Å²) in [4.78, 5) is 11.3. The Bertz CT molecular complexity index is 881. The lowest BCUT2D eigenvalue weighted by Crippen LogP contribution is -2.08.